The zero-order valence-corrected chi connectivity index (χ0v) is 19.9. The number of thioether (sulfide) groups is 1. The SMILES string of the molecule is CC1=C(C(=O)O)N2C(=O)[C@@H](NC(=O)/C(=N\OCC(=O)OC(C)(C)C)c3csc(N)n3)[C@H]2SC1. The van der Waals surface area contributed by atoms with Gasteiger partial charge in [0.25, 0.3) is 11.8 Å². The number of thiazole rings is 1. The smallest absolute Gasteiger partial charge is 0.352 e. The summed E-state index contributed by atoms with van der Waals surface area (Å²) < 4.78 is 5.12. The number of amides is 2. The summed E-state index contributed by atoms with van der Waals surface area (Å²) >= 11 is 2.40. The molecule has 0 aromatic carbocycles. The minimum atomic E-state index is -1.20. The fraction of sp³-hybridized carbons (Fsp3) is 0.474. The molecule has 12 nitrogen and oxygen atoms in total. The molecule has 1 fully saturated rings. The lowest BCUT2D eigenvalue weighted by atomic mass is 10.0. The summed E-state index contributed by atoms with van der Waals surface area (Å²) in [4.78, 5) is 59.1. The predicted molar refractivity (Wildman–Crippen MR) is 120 cm³/mol. The van der Waals surface area contributed by atoms with Gasteiger partial charge in [0.2, 0.25) is 6.61 Å². The van der Waals surface area contributed by atoms with Crippen molar-refractivity contribution in [3.63, 3.8) is 0 Å². The topological polar surface area (TPSA) is 174 Å². The van der Waals surface area contributed by atoms with Gasteiger partial charge in [-0.05, 0) is 33.3 Å². The Labute approximate surface area is 197 Å². The van der Waals surface area contributed by atoms with Crippen molar-refractivity contribution >= 4 is 57.7 Å². The van der Waals surface area contributed by atoms with E-state index in [1.54, 1.807) is 27.7 Å². The number of carboxylic acid groups (broad SMARTS) is 1. The number of aliphatic carboxylic acids is 1. The number of carbonyl (C=O) groups is 4. The Morgan fingerprint density at radius 3 is 2.67 bits per heavy atom. The van der Waals surface area contributed by atoms with Crippen LogP contribution < -0.4 is 11.1 Å². The fourth-order valence-electron chi connectivity index (χ4n) is 3.11. The molecule has 2 aliphatic heterocycles. The van der Waals surface area contributed by atoms with Crippen LogP contribution in [-0.4, -0.2) is 73.8 Å². The summed E-state index contributed by atoms with van der Waals surface area (Å²) in [5.74, 6) is -2.82. The Kier molecular flexibility index (Phi) is 6.97. The number of hydrogen-bond acceptors (Lipinski definition) is 11. The van der Waals surface area contributed by atoms with Crippen LogP contribution in [0.4, 0.5) is 5.13 Å². The molecule has 0 spiro atoms. The molecule has 0 unspecified atom stereocenters. The van der Waals surface area contributed by atoms with Crippen LogP contribution in [0.5, 0.6) is 0 Å². The molecule has 0 saturated carbocycles. The van der Waals surface area contributed by atoms with Gasteiger partial charge in [-0.1, -0.05) is 5.16 Å². The summed E-state index contributed by atoms with van der Waals surface area (Å²) in [7, 11) is 0. The van der Waals surface area contributed by atoms with E-state index < -0.39 is 47.4 Å². The van der Waals surface area contributed by atoms with Crippen molar-refractivity contribution in [3.05, 3.63) is 22.3 Å². The first-order valence-electron chi connectivity index (χ1n) is 9.71. The second-order valence-electron chi connectivity index (χ2n) is 8.17. The molecule has 2 aliphatic rings. The number of aromatic nitrogens is 1. The molecule has 178 valence electrons. The first-order chi connectivity index (χ1) is 15.4. The van der Waals surface area contributed by atoms with Crippen molar-refractivity contribution in [2.75, 3.05) is 18.1 Å². The van der Waals surface area contributed by atoms with Crippen molar-refractivity contribution in [2.24, 2.45) is 5.16 Å². The first-order valence-corrected chi connectivity index (χ1v) is 11.6. The monoisotopic (exact) mass is 497 g/mol. The zero-order valence-electron chi connectivity index (χ0n) is 18.3. The summed E-state index contributed by atoms with van der Waals surface area (Å²) in [6.07, 6.45) is 0. The van der Waals surface area contributed by atoms with E-state index in [0.29, 0.717) is 11.3 Å². The number of ether oxygens (including phenoxy) is 1. The summed E-state index contributed by atoms with van der Waals surface area (Å²) in [6.45, 7) is 6.18. The van der Waals surface area contributed by atoms with E-state index in [4.69, 9.17) is 15.3 Å². The molecule has 14 heteroatoms. The van der Waals surface area contributed by atoms with Crippen LogP contribution in [0.15, 0.2) is 21.8 Å². The zero-order chi connectivity index (χ0) is 24.5. The summed E-state index contributed by atoms with van der Waals surface area (Å²) in [5.41, 5.74) is 5.23. The van der Waals surface area contributed by atoms with Gasteiger partial charge < -0.3 is 25.7 Å². The number of β-lactam (4-membered cyclic amide) rings is 1. The molecular formula is C19H23N5O7S2. The van der Waals surface area contributed by atoms with Gasteiger partial charge in [0.15, 0.2) is 10.8 Å². The van der Waals surface area contributed by atoms with Gasteiger partial charge in [-0.3, -0.25) is 14.5 Å². The van der Waals surface area contributed by atoms with Crippen LogP contribution in [0.25, 0.3) is 0 Å². The third kappa shape index (κ3) is 5.45. The van der Waals surface area contributed by atoms with Crippen molar-refractivity contribution in [2.45, 2.75) is 44.7 Å². The van der Waals surface area contributed by atoms with Gasteiger partial charge in [-0.25, -0.2) is 14.6 Å². The minimum Gasteiger partial charge on any atom is -0.477 e. The maximum absolute atomic E-state index is 12.9. The number of fused-ring (bicyclic) bond motifs is 1. The Hall–Kier alpha value is -3.13. The molecule has 0 bridgehead atoms. The quantitative estimate of drug-likeness (QED) is 0.209. The van der Waals surface area contributed by atoms with Gasteiger partial charge in [-0.2, -0.15) is 0 Å². The summed E-state index contributed by atoms with van der Waals surface area (Å²) in [5, 5.41) is 16.8. The number of anilines is 1. The molecular weight excluding hydrogens is 474 g/mol. The van der Waals surface area contributed by atoms with Crippen LogP contribution in [-0.2, 0) is 28.8 Å². The highest BCUT2D eigenvalue weighted by Crippen LogP contribution is 2.40. The lowest BCUT2D eigenvalue weighted by Crippen LogP contribution is -2.71. The number of oxime groups is 1. The standard InChI is InChI=1S/C19H23N5O7S2/c1-8-6-32-16-12(15(27)24(16)13(8)17(28)29)22-14(26)11(9-7-33-18(20)21-9)23-30-5-10(25)31-19(2,3)4/h7,12,16H,5-6H2,1-4H3,(H2,20,21)(H,22,26)(H,28,29)/b23-11-/t12-,16-/m1/s1. The minimum absolute atomic E-state index is 0.0730. The van der Waals surface area contributed by atoms with Gasteiger partial charge >= 0.3 is 11.9 Å². The van der Waals surface area contributed by atoms with Crippen LogP contribution in [0.2, 0.25) is 0 Å². The molecule has 2 amide bonds. The molecule has 1 aromatic rings. The fourth-order valence-corrected chi connectivity index (χ4v) is 4.95. The van der Waals surface area contributed by atoms with Crippen molar-refractivity contribution in [1.82, 2.24) is 15.2 Å². The number of hydrogen-bond donors (Lipinski definition) is 3. The van der Waals surface area contributed by atoms with Crippen LogP contribution in [0.3, 0.4) is 0 Å². The molecule has 1 saturated heterocycles. The van der Waals surface area contributed by atoms with E-state index in [0.717, 1.165) is 16.2 Å². The Morgan fingerprint density at radius 2 is 2.09 bits per heavy atom. The number of nitrogens with one attached hydrogen (secondary N) is 1. The lowest BCUT2D eigenvalue weighted by Gasteiger charge is -2.49. The number of esters is 1. The predicted octanol–water partition coefficient (Wildman–Crippen LogP) is 0.546. The normalized spacial score (nSPS) is 20.7. The number of nitrogens with two attached hydrogens (primary N) is 1. The lowest BCUT2D eigenvalue weighted by molar-refractivity contribution is -0.160. The van der Waals surface area contributed by atoms with Crippen LogP contribution in [0.1, 0.15) is 33.4 Å². The Morgan fingerprint density at radius 1 is 1.39 bits per heavy atom. The first kappa shape index (κ1) is 24.5. The van der Waals surface area contributed by atoms with Crippen molar-refractivity contribution < 1.29 is 33.9 Å². The third-order valence-electron chi connectivity index (χ3n) is 4.39. The van der Waals surface area contributed by atoms with E-state index in [1.165, 1.54) is 17.1 Å². The Balaban J connectivity index is 1.73. The highest BCUT2D eigenvalue weighted by Gasteiger charge is 2.54. The molecule has 1 aromatic heterocycles. The maximum Gasteiger partial charge on any atom is 0.352 e. The average molecular weight is 498 g/mol. The molecule has 4 N–H and O–H groups in total. The molecule has 33 heavy (non-hydrogen) atoms. The van der Waals surface area contributed by atoms with Crippen LogP contribution >= 0.6 is 23.1 Å². The summed E-state index contributed by atoms with van der Waals surface area (Å²) in [6, 6.07) is -0.961. The van der Waals surface area contributed by atoms with E-state index in [-0.39, 0.29) is 22.2 Å². The average Bonchev–Trinajstić information content (AvgIpc) is 3.13. The van der Waals surface area contributed by atoms with Gasteiger partial charge in [0.1, 0.15) is 28.4 Å². The van der Waals surface area contributed by atoms with Crippen molar-refractivity contribution in [1.29, 1.82) is 0 Å². The number of carboxylic acids is 1. The molecule has 3 heterocycles. The van der Waals surface area contributed by atoms with Gasteiger partial charge in [-0.15, -0.1) is 23.1 Å². The number of nitrogens with zero attached hydrogens (tertiary/aromatic N) is 3. The second kappa shape index (κ2) is 9.39. The van der Waals surface area contributed by atoms with Crippen molar-refractivity contribution in [3.8, 4) is 0 Å². The van der Waals surface area contributed by atoms with Gasteiger partial charge in [0.05, 0.1) is 0 Å². The van der Waals surface area contributed by atoms with Crippen LogP contribution in [0, 0.1) is 0 Å². The Bertz CT molecular complexity index is 1060. The highest BCUT2D eigenvalue weighted by molar-refractivity contribution is 8.00. The number of rotatable bonds is 7. The molecule has 0 radical (unpaired) electrons. The molecule has 3 rings (SSSR count). The van der Waals surface area contributed by atoms with E-state index in [2.05, 4.69) is 15.5 Å². The molecule has 0 aliphatic carbocycles. The highest BCUT2D eigenvalue weighted by atomic mass is 32.2. The third-order valence-corrected chi connectivity index (χ3v) is 6.48. The number of carbonyl (C=O) groups excluding carboxylic acids is 3. The van der Waals surface area contributed by atoms with E-state index in [1.807, 2.05) is 0 Å². The maximum atomic E-state index is 12.9. The molecule has 2 atom stereocenters. The number of nitrogen functional groups attached to an aromatic ring is 1. The largest absolute Gasteiger partial charge is 0.477 e. The van der Waals surface area contributed by atoms with E-state index in [9.17, 15) is 24.3 Å². The van der Waals surface area contributed by atoms with Gasteiger partial charge in [0, 0.05) is 11.1 Å². The van der Waals surface area contributed by atoms with E-state index >= 15 is 0 Å². The second-order valence-corrected chi connectivity index (χ2v) is 10.2.